The molecule has 1 fully saturated rings. The molecule has 0 amide bonds. The van der Waals surface area contributed by atoms with Crippen LogP contribution in [0.2, 0.25) is 5.02 Å². The van der Waals surface area contributed by atoms with Crippen LogP contribution in [0.1, 0.15) is 11.8 Å². The van der Waals surface area contributed by atoms with Gasteiger partial charge in [0.25, 0.3) is 0 Å². The standard InChI is InChI=1S/C20H19ClN2O2/c1-24-19-9-5-4-8-18(19)23-12-13-25-20(23)15-10-11-22(14-15)17-7-3-2-6-16(17)21/h2-11,14,20H,12-13H2,1H3/t20-/m1/s1. The van der Waals surface area contributed by atoms with Crippen LogP contribution in [0.3, 0.4) is 0 Å². The summed E-state index contributed by atoms with van der Waals surface area (Å²) in [5, 5.41) is 0.721. The molecule has 2 aromatic carbocycles. The molecule has 1 saturated heterocycles. The Bertz CT molecular complexity index is 877. The Morgan fingerprint density at radius 3 is 2.60 bits per heavy atom. The highest BCUT2D eigenvalue weighted by molar-refractivity contribution is 6.32. The number of para-hydroxylation sites is 3. The number of ether oxygens (including phenoxy) is 2. The number of aromatic nitrogens is 1. The number of hydrogen-bond acceptors (Lipinski definition) is 3. The van der Waals surface area contributed by atoms with Crippen LogP contribution in [-0.4, -0.2) is 24.8 Å². The molecule has 2 heterocycles. The predicted molar refractivity (Wildman–Crippen MR) is 99.8 cm³/mol. The lowest BCUT2D eigenvalue weighted by molar-refractivity contribution is 0.113. The second kappa shape index (κ2) is 6.82. The molecule has 1 aliphatic rings. The molecular weight excluding hydrogens is 336 g/mol. The minimum Gasteiger partial charge on any atom is -0.495 e. The summed E-state index contributed by atoms with van der Waals surface area (Å²) in [6.07, 6.45) is 3.94. The lowest BCUT2D eigenvalue weighted by Gasteiger charge is -2.26. The molecule has 1 aliphatic heterocycles. The summed E-state index contributed by atoms with van der Waals surface area (Å²) in [4.78, 5) is 2.23. The molecule has 0 spiro atoms. The predicted octanol–water partition coefficient (Wildman–Crippen LogP) is 4.67. The van der Waals surface area contributed by atoms with Gasteiger partial charge in [0, 0.05) is 24.5 Å². The van der Waals surface area contributed by atoms with Gasteiger partial charge in [-0.15, -0.1) is 0 Å². The van der Waals surface area contributed by atoms with E-state index in [1.807, 2.05) is 53.2 Å². The molecule has 1 aromatic heterocycles. The number of methoxy groups -OCH3 is 1. The molecule has 25 heavy (non-hydrogen) atoms. The van der Waals surface area contributed by atoms with Crippen molar-refractivity contribution in [2.24, 2.45) is 0 Å². The van der Waals surface area contributed by atoms with Crippen LogP contribution in [0, 0.1) is 0 Å². The Morgan fingerprint density at radius 2 is 1.80 bits per heavy atom. The van der Waals surface area contributed by atoms with Crippen molar-refractivity contribution < 1.29 is 9.47 Å². The Labute approximate surface area is 152 Å². The number of nitrogens with zero attached hydrogens (tertiary/aromatic N) is 2. The van der Waals surface area contributed by atoms with Gasteiger partial charge in [0.2, 0.25) is 0 Å². The highest BCUT2D eigenvalue weighted by Gasteiger charge is 2.29. The Balaban J connectivity index is 1.67. The van der Waals surface area contributed by atoms with Gasteiger partial charge in [0.15, 0.2) is 6.23 Å². The van der Waals surface area contributed by atoms with Crippen LogP contribution in [-0.2, 0) is 4.74 Å². The number of anilines is 1. The van der Waals surface area contributed by atoms with E-state index >= 15 is 0 Å². The molecule has 4 rings (SSSR count). The fourth-order valence-electron chi connectivity index (χ4n) is 3.23. The van der Waals surface area contributed by atoms with Gasteiger partial charge in [0.05, 0.1) is 30.1 Å². The largest absolute Gasteiger partial charge is 0.495 e. The molecule has 0 N–H and O–H groups in total. The van der Waals surface area contributed by atoms with E-state index in [9.17, 15) is 0 Å². The Hall–Kier alpha value is -2.43. The zero-order valence-corrected chi connectivity index (χ0v) is 14.7. The lowest BCUT2D eigenvalue weighted by Crippen LogP contribution is -2.23. The van der Waals surface area contributed by atoms with Gasteiger partial charge in [-0.2, -0.15) is 0 Å². The van der Waals surface area contributed by atoms with E-state index < -0.39 is 0 Å². The highest BCUT2D eigenvalue weighted by Crippen LogP contribution is 2.37. The maximum atomic E-state index is 6.31. The van der Waals surface area contributed by atoms with Crippen molar-refractivity contribution in [1.82, 2.24) is 4.57 Å². The van der Waals surface area contributed by atoms with Gasteiger partial charge in [0.1, 0.15) is 5.75 Å². The molecule has 1 atom stereocenters. The van der Waals surface area contributed by atoms with Gasteiger partial charge in [-0.25, -0.2) is 0 Å². The van der Waals surface area contributed by atoms with E-state index in [0.717, 1.165) is 34.3 Å². The number of benzene rings is 2. The quantitative estimate of drug-likeness (QED) is 0.681. The van der Waals surface area contributed by atoms with Crippen LogP contribution in [0.15, 0.2) is 67.0 Å². The molecule has 0 unspecified atom stereocenters. The Morgan fingerprint density at radius 1 is 1.04 bits per heavy atom. The van der Waals surface area contributed by atoms with Crippen LogP contribution in [0.4, 0.5) is 5.69 Å². The fourth-order valence-corrected chi connectivity index (χ4v) is 3.46. The zero-order valence-electron chi connectivity index (χ0n) is 13.9. The number of rotatable bonds is 4. The second-order valence-electron chi connectivity index (χ2n) is 5.89. The van der Waals surface area contributed by atoms with Gasteiger partial charge in [-0.05, 0) is 30.3 Å². The third kappa shape index (κ3) is 2.99. The third-order valence-electron chi connectivity index (χ3n) is 4.42. The first kappa shape index (κ1) is 16.1. The smallest absolute Gasteiger partial charge is 0.158 e. The summed E-state index contributed by atoms with van der Waals surface area (Å²) in [6, 6.07) is 17.9. The van der Waals surface area contributed by atoms with E-state index in [4.69, 9.17) is 21.1 Å². The maximum Gasteiger partial charge on any atom is 0.158 e. The second-order valence-corrected chi connectivity index (χ2v) is 6.30. The summed E-state index contributed by atoms with van der Waals surface area (Å²) in [6.45, 7) is 1.50. The minimum absolute atomic E-state index is 0.139. The van der Waals surface area contributed by atoms with E-state index in [2.05, 4.69) is 23.2 Å². The normalized spacial score (nSPS) is 17.0. The maximum absolute atomic E-state index is 6.31. The van der Waals surface area contributed by atoms with Gasteiger partial charge < -0.3 is 18.9 Å². The zero-order chi connectivity index (χ0) is 17.2. The first-order valence-electron chi connectivity index (χ1n) is 8.22. The summed E-state index contributed by atoms with van der Waals surface area (Å²) < 4.78 is 13.5. The van der Waals surface area contributed by atoms with Crippen molar-refractivity contribution in [2.45, 2.75) is 6.23 Å². The number of halogens is 1. The molecule has 4 nitrogen and oxygen atoms in total. The van der Waals surface area contributed by atoms with Crippen molar-refractivity contribution in [1.29, 1.82) is 0 Å². The van der Waals surface area contributed by atoms with Gasteiger partial charge >= 0.3 is 0 Å². The van der Waals surface area contributed by atoms with Crippen molar-refractivity contribution in [3.8, 4) is 11.4 Å². The van der Waals surface area contributed by atoms with Crippen molar-refractivity contribution >= 4 is 17.3 Å². The summed E-state index contributed by atoms with van der Waals surface area (Å²) in [5.74, 6) is 0.850. The Kier molecular flexibility index (Phi) is 4.38. The molecule has 0 aliphatic carbocycles. The first-order chi connectivity index (χ1) is 12.3. The molecule has 5 heteroatoms. The lowest BCUT2D eigenvalue weighted by atomic mass is 10.2. The number of hydrogen-bond donors (Lipinski definition) is 0. The summed E-state index contributed by atoms with van der Waals surface area (Å²) in [5.41, 5.74) is 3.08. The van der Waals surface area contributed by atoms with E-state index in [-0.39, 0.29) is 6.23 Å². The van der Waals surface area contributed by atoms with Gasteiger partial charge in [-0.3, -0.25) is 0 Å². The van der Waals surface area contributed by atoms with Crippen LogP contribution < -0.4 is 9.64 Å². The molecule has 0 saturated carbocycles. The highest BCUT2D eigenvalue weighted by atomic mass is 35.5. The molecule has 128 valence electrons. The monoisotopic (exact) mass is 354 g/mol. The van der Waals surface area contributed by atoms with E-state index in [1.54, 1.807) is 7.11 Å². The topological polar surface area (TPSA) is 26.6 Å². The fraction of sp³-hybridized carbons (Fsp3) is 0.200. The summed E-state index contributed by atoms with van der Waals surface area (Å²) >= 11 is 6.31. The van der Waals surface area contributed by atoms with E-state index in [0.29, 0.717) is 6.61 Å². The van der Waals surface area contributed by atoms with Gasteiger partial charge in [-0.1, -0.05) is 35.9 Å². The van der Waals surface area contributed by atoms with E-state index in [1.165, 1.54) is 0 Å². The van der Waals surface area contributed by atoms with Crippen molar-refractivity contribution in [3.05, 3.63) is 77.6 Å². The van der Waals surface area contributed by atoms with Crippen LogP contribution in [0.5, 0.6) is 5.75 Å². The minimum atomic E-state index is -0.139. The summed E-state index contributed by atoms with van der Waals surface area (Å²) in [7, 11) is 1.69. The van der Waals surface area contributed by atoms with Crippen LogP contribution in [0.25, 0.3) is 5.69 Å². The average Bonchev–Trinajstić information content (AvgIpc) is 3.31. The molecular formula is C20H19ClN2O2. The molecule has 3 aromatic rings. The average molecular weight is 355 g/mol. The first-order valence-corrected chi connectivity index (χ1v) is 8.60. The SMILES string of the molecule is COc1ccccc1N1CCO[C@@H]1c1ccn(-c2ccccc2Cl)c1. The third-order valence-corrected chi connectivity index (χ3v) is 4.74. The van der Waals surface area contributed by atoms with Crippen molar-refractivity contribution in [2.75, 3.05) is 25.2 Å². The van der Waals surface area contributed by atoms with Crippen LogP contribution >= 0.6 is 11.6 Å². The van der Waals surface area contributed by atoms with Crippen molar-refractivity contribution in [3.63, 3.8) is 0 Å². The molecule has 0 bridgehead atoms. The molecule has 0 radical (unpaired) electrons.